The van der Waals surface area contributed by atoms with E-state index in [9.17, 15) is 4.79 Å². The molecule has 2 aromatic carbocycles. The lowest BCUT2D eigenvalue weighted by Crippen LogP contribution is -2.32. The molecule has 128 valence electrons. The smallest absolute Gasteiger partial charge is 0.319 e. The summed E-state index contributed by atoms with van der Waals surface area (Å²) in [4.78, 5) is 11.8. The van der Waals surface area contributed by atoms with Crippen molar-refractivity contribution in [2.24, 2.45) is 0 Å². The molecule has 5 heteroatoms. The monoisotopic (exact) mass is 328 g/mol. The van der Waals surface area contributed by atoms with Gasteiger partial charge in [0.15, 0.2) is 0 Å². The van der Waals surface area contributed by atoms with E-state index >= 15 is 0 Å². The zero-order chi connectivity index (χ0) is 17.4. The molecule has 0 radical (unpaired) electrons. The largest absolute Gasteiger partial charge is 0.497 e. The number of carbonyl (C=O) groups is 1. The Morgan fingerprint density at radius 2 is 1.83 bits per heavy atom. The number of carbonyl (C=O) groups excluding carboxylic acids is 1. The van der Waals surface area contributed by atoms with E-state index in [1.807, 2.05) is 30.3 Å². The topological polar surface area (TPSA) is 59.6 Å². The van der Waals surface area contributed by atoms with Crippen molar-refractivity contribution in [3.05, 3.63) is 54.1 Å². The molecule has 2 rings (SSSR count). The Hall–Kier alpha value is -2.69. The van der Waals surface area contributed by atoms with Gasteiger partial charge in [0.2, 0.25) is 0 Å². The van der Waals surface area contributed by atoms with Gasteiger partial charge in [0.05, 0.1) is 13.7 Å². The van der Waals surface area contributed by atoms with Crippen LogP contribution >= 0.6 is 0 Å². The Bertz CT molecular complexity index is 671. The van der Waals surface area contributed by atoms with Crippen molar-refractivity contribution in [1.29, 1.82) is 0 Å². The molecule has 0 spiro atoms. The minimum absolute atomic E-state index is 0.275. The Balaban J connectivity index is 1.73. The molecule has 0 unspecified atom stereocenters. The van der Waals surface area contributed by atoms with Gasteiger partial charge in [0.1, 0.15) is 18.1 Å². The summed E-state index contributed by atoms with van der Waals surface area (Å²) in [5, 5.41) is 5.51. The van der Waals surface area contributed by atoms with E-state index in [4.69, 9.17) is 9.47 Å². The minimum Gasteiger partial charge on any atom is -0.497 e. The van der Waals surface area contributed by atoms with Crippen LogP contribution in [0.3, 0.4) is 0 Å². The van der Waals surface area contributed by atoms with Crippen molar-refractivity contribution >= 4 is 11.7 Å². The van der Waals surface area contributed by atoms with Crippen molar-refractivity contribution in [3.63, 3.8) is 0 Å². The molecule has 0 saturated heterocycles. The lowest BCUT2D eigenvalue weighted by Gasteiger charge is -2.11. The molecule has 0 aromatic heterocycles. The van der Waals surface area contributed by atoms with Gasteiger partial charge >= 0.3 is 6.03 Å². The summed E-state index contributed by atoms with van der Waals surface area (Å²) >= 11 is 0. The van der Waals surface area contributed by atoms with E-state index in [-0.39, 0.29) is 6.03 Å². The van der Waals surface area contributed by atoms with Crippen LogP contribution in [0.15, 0.2) is 48.5 Å². The van der Waals surface area contributed by atoms with Gasteiger partial charge in [-0.05, 0) is 35.7 Å². The van der Waals surface area contributed by atoms with E-state index in [1.54, 1.807) is 19.2 Å². The SMILES string of the molecule is COc1cccc(NC(=O)NCCOc2cccc(C(C)C)c2)c1. The molecule has 0 bridgehead atoms. The summed E-state index contributed by atoms with van der Waals surface area (Å²) in [6.45, 7) is 5.11. The van der Waals surface area contributed by atoms with Gasteiger partial charge in [-0.25, -0.2) is 4.79 Å². The highest BCUT2D eigenvalue weighted by molar-refractivity contribution is 5.89. The Morgan fingerprint density at radius 1 is 1.08 bits per heavy atom. The Labute approximate surface area is 143 Å². The molecule has 5 nitrogen and oxygen atoms in total. The van der Waals surface area contributed by atoms with Crippen LogP contribution in [0, 0.1) is 0 Å². The summed E-state index contributed by atoms with van der Waals surface area (Å²) < 4.78 is 10.8. The molecule has 0 fully saturated rings. The number of ether oxygens (including phenoxy) is 2. The second-order valence-electron chi connectivity index (χ2n) is 5.69. The molecule has 2 aromatic rings. The molecule has 24 heavy (non-hydrogen) atoms. The Kier molecular flexibility index (Phi) is 6.49. The van der Waals surface area contributed by atoms with Crippen molar-refractivity contribution in [2.45, 2.75) is 19.8 Å². The van der Waals surface area contributed by atoms with Crippen molar-refractivity contribution < 1.29 is 14.3 Å². The van der Waals surface area contributed by atoms with Gasteiger partial charge in [-0.3, -0.25) is 0 Å². The van der Waals surface area contributed by atoms with Crippen LogP contribution in [-0.4, -0.2) is 26.3 Å². The molecular weight excluding hydrogens is 304 g/mol. The number of nitrogens with one attached hydrogen (secondary N) is 2. The summed E-state index contributed by atoms with van der Waals surface area (Å²) in [5.41, 5.74) is 1.91. The molecule has 0 aliphatic rings. The van der Waals surface area contributed by atoms with Crippen LogP contribution in [0.25, 0.3) is 0 Å². The lowest BCUT2D eigenvalue weighted by atomic mass is 10.0. The van der Waals surface area contributed by atoms with Gasteiger partial charge in [-0.2, -0.15) is 0 Å². The van der Waals surface area contributed by atoms with Crippen molar-refractivity contribution in [3.8, 4) is 11.5 Å². The van der Waals surface area contributed by atoms with Crippen LogP contribution < -0.4 is 20.1 Å². The number of benzene rings is 2. The van der Waals surface area contributed by atoms with Crippen molar-refractivity contribution in [2.75, 3.05) is 25.6 Å². The van der Waals surface area contributed by atoms with E-state index in [0.717, 1.165) is 5.75 Å². The normalized spacial score (nSPS) is 10.3. The van der Waals surface area contributed by atoms with Crippen LogP contribution in [0.5, 0.6) is 11.5 Å². The fraction of sp³-hybridized carbons (Fsp3) is 0.316. The first kappa shape index (κ1) is 17.7. The van der Waals surface area contributed by atoms with Gasteiger partial charge in [-0.1, -0.05) is 32.0 Å². The van der Waals surface area contributed by atoms with Crippen LogP contribution in [0.1, 0.15) is 25.3 Å². The molecule has 0 atom stereocenters. The Morgan fingerprint density at radius 3 is 2.58 bits per heavy atom. The summed E-state index contributed by atoms with van der Waals surface area (Å²) in [6.07, 6.45) is 0. The maximum absolute atomic E-state index is 11.8. The van der Waals surface area contributed by atoms with E-state index < -0.39 is 0 Å². The highest BCUT2D eigenvalue weighted by Gasteiger charge is 2.03. The summed E-state index contributed by atoms with van der Waals surface area (Å²) in [7, 11) is 1.59. The highest BCUT2D eigenvalue weighted by atomic mass is 16.5. The third-order valence-corrected chi connectivity index (χ3v) is 3.51. The zero-order valence-corrected chi connectivity index (χ0v) is 14.3. The first-order valence-corrected chi connectivity index (χ1v) is 8.00. The predicted molar refractivity (Wildman–Crippen MR) is 96.0 cm³/mol. The summed E-state index contributed by atoms with van der Waals surface area (Å²) in [6, 6.07) is 14.9. The highest BCUT2D eigenvalue weighted by Crippen LogP contribution is 2.20. The molecular formula is C19H24N2O3. The molecule has 0 saturated carbocycles. The predicted octanol–water partition coefficient (Wildman–Crippen LogP) is 4.02. The second kappa shape index (κ2) is 8.82. The van der Waals surface area contributed by atoms with Gasteiger partial charge in [0, 0.05) is 11.8 Å². The number of hydrogen-bond acceptors (Lipinski definition) is 3. The number of rotatable bonds is 7. The van der Waals surface area contributed by atoms with E-state index in [1.165, 1.54) is 5.56 Å². The fourth-order valence-electron chi connectivity index (χ4n) is 2.17. The first-order chi connectivity index (χ1) is 11.6. The standard InChI is InChI=1S/C19H24N2O3/c1-14(2)15-6-4-9-18(12-15)24-11-10-20-19(22)21-16-7-5-8-17(13-16)23-3/h4-9,12-14H,10-11H2,1-3H3,(H2,20,21,22). The molecule has 2 amide bonds. The average molecular weight is 328 g/mol. The number of amides is 2. The maximum Gasteiger partial charge on any atom is 0.319 e. The zero-order valence-electron chi connectivity index (χ0n) is 14.3. The molecule has 0 aliphatic heterocycles. The quantitative estimate of drug-likeness (QED) is 0.755. The van der Waals surface area contributed by atoms with Gasteiger partial charge in [-0.15, -0.1) is 0 Å². The van der Waals surface area contributed by atoms with Crippen LogP contribution in [0.2, 0.25) is 0 Å². The second-order valence-corrected chi connectivity index (χ2v) is 5.69. The van der Waals surface area contributed by atoms with Crippen LogP contribution in [0.4, 0.5) is 10.5 Å². The molecule has 2 N–H and O–H groups in total. The van der Waals surface area contributed by atoms with Gasteiger partial charge in [0.25, 0.3) is 0 Å². The molecule has 0 aliphatic carbocycles. The average Bonchev–Trinajstić information content (AvgIpc) is 2.59. The maximum atomic E-state index is 11.8. The summed E-state index contributed by atoms with van der Waals surface area (Å²) in [5.74, 6) is 1.97. The first-order valence-electron chi connectivity index (χ1n) is 8.00. The van der Waals surface area contributed by atoms with Crippen LogP contribution in [-0.2, 0) is 0 Å². The number of methoxy groups -OCH3 is 1. The number of urea groups is 1. The van der Waals surface area contributed by atoms with E-state index in [0.29, 0.717) is 30.5 Å². The van der Waals surface area contributed by atoms with Crippen molar-refractivity contribution in [1.82, 2.24) is 5.32 Å². The minimum atomic E-state index is -0.275. The molecule has 0 heterocycles. The lowest BCUT2D eigenvalue weighted by molar-refractivity contribution is 0.247. The number of anilines is 1. The van der Waals surface area contributed by atoms with E-state index in [2.05, 4.69) is 30.5 Å². The third kappa shape index (κ3) is 5.50. The third-order valence-electron chi connectivity index (χ3n) is 3.51. The fourth-order valence-corrected chi connectivity index (χ4v) is 2.17. The van der Waals surface area contributed by atoms with Gasteiger partial charge < -0.3 is 20.1 Å². The number of hydrogen-bond donors (Lipinski definition) is 2.